The Morgan fingerprint density at radius 1 is 1.21 bits per heavy atom. The summed E-state index contributed by atoms with van der Waals surface area (Å²) in [5, 5.41) is 4.40. The van der Waals surface area contributed by atoms with E-state index < -0.39 is 0 Å². The zero-order chi connectivity index (χ0) is 20.8. The average Bonchev–Trinajstić information content (AvgIpc) is 2.69. The van der Waals surface area contributed by atoms with Crippen LogP contribution >= 0.6 is 23.4 Å². The zero-order valence-corrected chi connectivity index (χ0v) is 18.1. The van der Waals surface area contributed by atoms with Crippen LogP contribution in [0.25, 0.3) is 16.6 Å². The molecule has 1 aromatic heterocycles. The number of fused-ring (bicyclic) bond motifs is 1. The molecule has 0 aliphatic rings. The molecule has 0 atom stereocenters. The lowest BCUT2D eigenvalue weighted by molar-refractivity contribution is -0.118. The van der Waals surface area contributed by atoms with Crippen molar-refractivity contribution in [2.45, 2.75) is 38.3 Å². The van der Waals surface area contributed by atoms with Crippen LogP contribution in [0, 0.1) is 6.92 Å². The van der Waals surface area contributed by atoms with Gasteiger partial charge < -0.3 is 5.32 Å². The predicted octanol–water partition coefficient (Wildman–Crippen LogP) is 4.75. The summed E-state index contributed by atoms with van der Waals surface area (Å²) in [5.74, 6) is 0.124. The molecule has 3 aromatic rings. The monoisotopic (exact) mass is 429 g/mol. The van der Waals surface area contributed by atoms with Crippen LogP contribution in [-0.2, 0) is 4.79 Å². The summed E-state index contributed by atoms with van der Waals surface area (Å²) in [6.45, 7) is 4.76. The molecule has 7 heteroatoms. The molecule has 0 saturated carbocycles. The molecule has 152 valence electrons. The molecule has 1 heterocycles. The van der Waals surface area contributed by atoms with Gasteiger partial charge in [-0.1, -0.05) is 55.3 Å². The van der Waals surface area contributed by atoms with Crippen LogP contribution in [0.5, 0.6) is 0 Å². The Balaban J connectivity index is 1.95. The van der Waals surface area contributed by atoms with Crippen molar-refractivity contribution >= 4 is 40.2 Å². The van der Waals surface area contributed by atoms with Gasteiger partial charge in [0.2, 0.25) is 5.91 Å². The Hall–Kier alpha value is -2.31. The molecule has 0 bridgehead atoms. The van der Waals surface area contributed by atoms with Crippen molar-refractivity contribution in [1.29, 1.82) is 0 Å². The van der Waals surface area contributed by atoms with E-state index in [9.17, 15) is 9.59 Å². The van der Waals surface area contributed by atoms with Gasteiger partial charge in [-0.3, -0.25) is 14.2 Å². The lowest BCUT2D eigenvalue weighted by atomic mass is 10.2. The highest BCUT2D eigenvalue weighted by Gasteiger charge is 2.15. The molecule has 0 fully saturated rings. The van der Waals surface area contributed by atoms with Gasteiger partial charge in [-0.25, -0.2) is 4.98 Å². The quantitative estimate of drug-likeness (QED) is 0.319. The number of aryl methyl sites for hydroxylation is 1. The normalized spacial score (nSPS) is 11.0. The van der Waals surface area contributed by atoms with Gasteiger partial charge in [0.25, 0.3) is 5.56 Å². The maximum atomic E-state index is 13.2. The zero-order valence-electron chi connectivity index (χ0n) is 16.6. The van der Waals surface area contributed by atoms with Gasteiger partial charge in [0.1, 0.15) is 0 Å². The van der Waals surface area contributed by atoms with E-state index in [2.05, 4.69) is 17.2 Å². The molecule has 0 radical (unpaired) electrons. The lowest BCUT2D eigenvalue weighted by Crippen LogP contribution is -2.27. The Kier molecular flexibility index (Phi) is 7.34. The molecule has 3 rings (SSSR count). The van der Waals surface area contributed by atoms with Crippen LogP contribution in [0.2, 0.25) is 5.02 Å². The first-order valence-corrected chi connectivity index (χ1v) is 11.0. The molecule has 2 aromatic carbocycles. The summed E-state index contributed by atoms with van der Waals surface area (Å²) >= 11 is 7.34. The second kappa shape index (κ2) is 9.94. The lowest BCUT2D eigenvalue weighted by Gasteiger charge is -2.14. The molecule has 1 N–H and O–H groups in total. The second-order valence-electron chi connectivity index (χ2n) is 6.88. The van der Waals surface area contributed by atoms with Gasteiger partial charge >= 0.3 is 0 Å². The van der Waals surface area contributed by atoms with E-state index >= 15 is 0 Å². The van der Waals surface area contributed by atoms with E-state index in [0.717, 1.165) is 30.5 Å². The molecule has 0 aliphatic heterocycles. The number of hydrogen-bond donors (Lipinski definition) is 1. The maximum Gasteiger partial charge on any atom is 0.266 e. The third-order valence-corrected chi connectivity index (χ3v) is 5.67. The van der Waals surface area contributed by atoms with Gasteiger partial charge in [-0.15, -0.1) is 0 Å². The Morgan fingerprint density at radius 3 is 2.79 bits per heavy atom. The first-order chi connectivity index (χ1) is 14.0. The number of amides is 1. The van der Waals surface area contributed by atoms with Crippen molar-refractivity contribution < 1.29 is 4.79 Å². The third-order valence-electron chi connectivity index (χ3n) is 4.50. The minimum atomic E-state index is -0.178. The number of thioether (sulfide) groups is 1. The number of aromatic nitrogens is 2. The van der Waals surface area contributed by atoms with E-state index in [-0.39, 0.29) is 17.2 Å². The fourth-order valence-corrected chi connectivity index (χ4v) is 4.02. The summed E-state index contributed by atoms with van der Waals surface area (Å²) in [6, 6.07) is 12.7. The van der Waals surface area contributed by atoms with E-state index in [4.69, 9.17) is 11.6 Å². The van der Waals surface area contributed by atoms with Crippen molar-refractivity contribution in [2.24, 2.45) is 0 Å². The first-order valence-electron chi connectivity index (χ1n) is 9.68. The van der Waals surface area contributed by atoms with Crippen molar-refractivity contribution in [3.8, 4) is 5.69 Å². The largest absolute Gasteiger partial charge is 0.355 e. The van der Waals surface area contributed by atoms with Crippen LogP contribution in [0.3, 0.4) is 0 Å². The van der Waals surface area contributed by atoms with Crippen molar-refractivity contribution in [3.63, 3.8) is 0 Å². The molecule has 0 unspecified atom stereocenters. The number of nitrogens with one attached hydrogen (secondary N) is 1. The molecular weight excluding hydrogens is 406 g/mol. The number of hydrogen-bond acceptors (Lipinski definition) is 4. The third kappa shape index (κ3) is 5.40. The van der Waals surface area contributed by atoms with Crippen LogP contribution in [0.1, 0.15) is 31.7 Å². The Morgan fingerprint density at radius 2 is 2.03 bits per heavy atom. The number of halogens is 1. The number of unbranched alkanes of at least 4 members (excludes halogenated alkanes) is 2. The number of benzene rings is 2. The second-order valence-corrected chi connectivity index (χ2v) is 8.26. The minimum absolute atomic E-state index is 0.0673. The van der Waals surface area contributed by atoms with Gasteiger partial charge in [0, 0.05) is 11.6 Å². The van der Waals surface area contributed by atoms with Crippen LogP contribution in [0.4, 0.5) is 0 Å². The van der Waals surface area contributed by atoms with E-state index in [1.54, 1.807) is 22.8 Å². The highest BCUT2D eigenvalue weighted by atomic mass is 35.5. The van der Waals surface area contributed by atoms with Crippen molar-refractivity contribution in [2.75, 3.05) is 12.3 Å². The number of nitrogens with zero attached hydrogens (tertiary/aromatic N) is 2. The van der Waals surface area contributed by atoms with Gasteiger partial charge in [0.05, 0.1) is 22.3 Å². The molecule has 1 amide bonds. The van der Waals surface area contributed by atoms with E-state index in [1.807, 2.05) is 31.2 Å². The standard InChI is InChI=1S/C22H24ClN3O2S/c1-3-4-5-11-24-20(27)14-29-22-25-19-13-16(23)9-10-18(19)21(28)26(22)17-8-6-7-15(2)12-17/h6-10,12-13H,3-5,11,14H2,1-2H3,(H,24,27). The maximum absolute atomic E-state index is 13.2. The predicted molar refractivity (Wildman–Crippen MR) is 120 cm³/mol. The summed E-state index contributed by atoms with van der Waals surface area (Å²) < 4.78 is 1.57. The fraction of sp³-hybridized carbons (Fsp3) is 0.318. The molecule has 29 heavy (non-hydrogen) atoms. The topological polar surface area (TPSA) is 64.0 Å². The Bertz CT molecular complexity index is 1080. The molecule has 0 saturated heterocycles. The summed E-state index contributed by atoms with van der Waals surface area (Å²) in [5.41, 5.74) is 2.11. The average molecular weight is 430 g/mol. The van der Waals surface area contributed by atoms with Gasteiger partial charge in [-0.05, 0) is 49.2 Å². The molecule has 0 aliphatic carbocycles. The molecule has 0 spiro atoms. The van der Waals surface area contributed by atoms with Crippen LogP contribution in [0.15, 0.2) is 52.4 Å². The number of carbonyl (C=O) groups excluding carboxylic acids is 1. The fourth-order valence-electron chi connectivity index (χ4n) is 3.01. The smallest absolute Gasteiger partial charge is 0.266 e. The van der Waals surface area contributed by atoms with Gasteiger partial charge in [-0.2, -0.15) is 0 Å². The number of rotatable bonds is 8. The van der Waals surface area contributed by atoms with Crippen LogP contribution in [-0.4, -0.2) is 27.8 Å². The van der Waals surface area contributed by atoms with E-state index in [1.165, 1.54) is 11.8 Å². The first kappa shape index (κ1) is 21.4. The highest BCUT2D eigenvalue weighted by molar-refractivity contribution is 7.99. The SMILES string of the molecule is CCCCCNC(=O)CSc1nc2cc(Cl)ccc2c(=O)n1-c1cccc(C)c1. The minimum Gasteiger partial charge on any atom is -0.355 e. The summed E-state index contributed by atoms with van der Waals surface area (Å²) in [7, 11) is 0. The summed E-state index contributed by atoms with van der Waals surface area (Å²) in [4.78, 5) is 30.1. The molecule has 5 nitrogen and oxygen atoms in total. The summed E-state index contributed by atoms with van der Waals surface area (Å²) in [6.07, 6.45) is 3.16. The van der Waals surface area contributed by atoms with Crippen molar-refractivity contribution in [1.82, 2.24) is 14.9 Å². The van der Waals surface area contributed by atoms with Crippen molar-refractivity contribution in [3.05, 3.63) is 63.4 Å². The van der Waals surface area contributed by atoms with E-state index in [0.29, 0.717) is 27.6 Å². The highest BCUT2D eigenvalue weighted by Crippen LogP contribution is 2.23. The van der Waals surface area contributed by atoms with Crippen LogP contribution < -0.4 is 10.9 Å². The molecular formula is C22H24ClN3O2S. The Labute approximate surface area is 179 Å². The number of carbonyl (C=O) groups is 1. The van der Waals surface area contributed by atoms with Gasteiger partial charge in [0.15, 0.2) is 5.16 Å².